The summed E-state index contributed by atoms with van der Waals surface area (Å²) in [6.45, 7) is -2.99. The summed E-state index contributed by atoms with van der Waals surface area (Å²) in [6, 6.07) is 7.57. The van der Waals surface area contributed by atoms with Crippen LogP contribution in [0.5, 0.6) is 0 Å². The Kier molecular flexibility index (Phi) is 16.0. The topological polar surface area (TPSA) is 172 Å². The van der Waals surface area contributed by atoms with Gasteiger partial charge in [-0.2, -0.15) is 8.42 Å². The highest BCUT2D eigenvalue weighted by molar-refractivity contribution is 7.85. The molecule has 6 heterocycles. The number of fused-ring (bicyclic) bond motifs is 2. The summed E-state index contributed by atoms with van der Waals surface area (Å²) in [6.07, 6.45) is 9.17. The molecule has 3 amide bonds. The summed E-state index contributed by atoms with van der Waals surface area (Å²) >= 11 is 2.71. The van der Waals surface area contributed by atoms with E-state index in [1.807, 2.05) is 29.0 Å². The number of aromatic nitrogens is 1. The van der Waals surface area contributed by atoms with Gasteiger partial charge in [0.15, 0.2) is 17.2 Å². The first-order valence-electron chi connectivity index (χ1n) is 21.5. The molecule has 0 aromatic carbocycles. The number of allylic oxidation sites excluding steroid dienone is 2. The zero-order valence-electron chi connectivity index (χ0n) is 36.3. The molecule has 64 heavy (non-hydrogen) atoms. The van der Waals surface area contributed by atoms with Crippen molar-refractivity contribution >= 4 is 80.8 Å². The molecule has 0 fully saturated rings. The molecule has 3 aliphatic heterocycles. The second kappa shape index (κ2) is 21.1. The summed E-state index contributed by atoms with van der Waals surface area (Å²) in [5.74, 6) is -3.07. The highest BCUT2D eigenvalue weighted by atomic mass is 32.2. The summed E-state index contributed by atoms with van der Waals surface area (Å²) in [5, 5.41) is 6.15. The van der Waals surface area contributed by atoms with E-state index in [1.165, 1.54) is 39.3 Å². The average molecular weight is 943 g/mol. The van der Waals surface area contributed by atoms with Gasteiger partial charge in [0.1, 0.15) is 17.6 Å². The number of quaternary nitrogens is 1. The van der Waals surface area contributed by atoms with Gasteiger partial charge in [0.2, 0.25) is 5.91 Å². The maximum atomic E-state index is 17.3. The molecule has 0 spiro atoms. The van der Waals surface area contributed by atoms with E-state index in [1.54, 1.807) is 24.3 Å². The fourth-order valence-corrected chi connectivity index (χ4v) is 10.3. The van der Waals surface area contributed by atoms with Crippen molar-refractivity contribution in [1.29, 1.82) is 0 Å². The van der Waals surface area contributed by atoms with E-state index in [-0.39, 0.29) is 75.2 Å². The van der Waals surface area contributed by atoms with Crippen LogP contribution >= 0.6 is 22.7 Å². The number of hydrogen-bond acceptors (Lipinski definition) is 10. The zero-order chi connectivity index (χ0) is 46.2. The number of ketones is 2. The van der Waals surface area contributed by atoms with Gasteiger partial charge in [0, 0.05) is 84.9 Å². The van der Waals surface area contributed by atoms with Crippen molar-refractivity contribution in [2.75, 3.05) is 53.2 Å². The van der Waals surface area contributed by atoms with Crippen LogP contribution in [-0.4, -0.2) is 133 Å². The monoisotopic (exact) mass is 942 g/mol. The predicted octanol–water partition coefficient (Wildman–Crippen LogP) is 5.90. The second-order valence-corrected chi connectivity index (χ2v) is 20.6. The minimum absolute atomic E-state index is 0.00271. The van der Waals surface area contributed by atoms with Crippen LogP contribution in [0.4, 0.5) is 8.63 Å². The molecule has 3 aromatic rings. The van der Waals surface area contributed by atoms with Crippen molar-refractivity contribution in [1.82, 2.24) is 14.7 Å². The number of thiophene rings is 2. The number of unbranched alkanes of at least 4 members (excludes halogenated alkanes) is 2. The molecule has 344 valence electrons. The van der Waals surface area contributed by atoms with Crippen LogP contribution in [0.1, 0.15) is 80.3 Å². The Hall–Kier alpha value is -4.73. The number of Topliss-reactive ketones (excluding diaryl/α,β-unsaturated/α-hetero) is 2. The van der Waals surface area contributed by atoms with Gasteiger partial charge < -0.3 is 32.1 Å². The lowest BCUT2D eigenvalue weighted by molar-refractivity contribution is -0.870. The van der Waals surface area contributed by atoms with Crippen molar-refractivity contribution in [3.8, 4) is 10.6 Å². The average Bonchev–Trinajstić information content (AvgIpc) is 4.07. The highest BCUT2D eigenvalue weighted by Crippen LogP contribution is 2.43. The van der Waals surface area contributed by atoms with E-state index in [9.17, 15) is 36.9 Å². The van der Waals surface area contributed by atoms with Gasteiger partial charge in [0.05, 0.1) is 45.7 Å². The number of imide groups is 1. The number of amides is 3. The van der Waals surface area contributed by atoms with Gasteiger partial charge in [-0.25, -0.2) is 0 Å². The third kappa shape index (κ3) is 12.5. The number of halogens is 2. The molecule has 20 heteroatoms. The molecule has 1 atom stereocenters. The van der Waals surface area contributed by atoms with Gasteiger partial charge in [-0.3, -0.25) is 33.4 Å². The number of hydrogen-bond donors (Lipinski definition) is 2. The first-order valence-corrected chi connectivity index (χ1v) is 24.8. The Bertz CT molecular complexity index is 2450. The van der Waals surface area contributed by atoms with Crippen LogP contribution in [0, 0.1) is 0 Å². The summed E-state index contributed by atoms with van der Waals surface area (Å²) < 4.78 is 76.6. The maximum Gasteiger partial charge on any atom is 0.737 e. The van der Waals surface area contributed by atoms with E-state index in [4.69, 9.17) is 4.74 Å². The Morgan fingerprint density at radius 1 is 0.891 bits per heavy atom. The molecule has 0 bridgehead atoms. The summed E-state index contributed by atoms with van der Waals surface area (Å²) in [4.78, 5) is 64.6. The van der Waals surface area contributed by atoms with Gasteiger partial charge in [-0.05, 0) is 66.6 Å². The highest BCUT2D eigenvalue weighted by Gasteiger charge is 2.55. The number of nitrogens with one attached hydrogen (secondary N) is 1. The van der Waals surface area contributed by atoms with E-state index in [0.29, 0.717) is 59.7 Å². The standard InChI is InChI=1S/C44H54BF2N5O9S3/c1-52(2,3)22-7-11-31-27-37(40-15-9-25-62-40)50-35(31)29-36-32(28-38(41-16-10-26-63-41)51(36)45(50,46)47)17-18-42(55)48-34(30-64(58,59)60)39(54)14-6-4-5-12-33(53)13-8-23-61-24-21-49-43(56)19-20-44(49)57/h9-10,15-16,19-20,25-29,34H,4-8,11-14,17-18,21-24,30H2,1-3H3,(H-,48,55,58,59,60)/p+1. The maximum absolute atomic E-state index is 17.3. The molecule has 3 aromatic heterocycles. The molecular formula is C44H55BF2N5O9S3+. The Morgan fingerprint density at radius 2 is 1.56 bits per heavy atom. The number of nitrogens with zero attached hydrogens (tertiary/aromatic N) is 4. The van der Waals surface area contributed by atoms with E-state index in [0.717, 1.165) is 37.3 Å². The normalized spacial score (nSPS) is 16.2. The Morgan fingerprint density at radius 3 is 2.22 bits per heavy atom. The lowest BCUT2D eigenvalue weighted by Gasteiger charge is -2.31. The van der Waals surface area contributed by atoms with Crippen LogP contribution in [0.2, 0.25) is 0 Å². The van der Waals surface area contributed by atoms with E-state index >= 15 is 8.63 Å². The second-order valence-electron chi connectivity index (χ2n) is 17.2. The number of rotatable bonds is 26. The third-order valence-electron chi connectivity index (χ3n) is 11.2. The third-order valence-corrected chi connectivity index (χ3v) is 13.8. The van der Waals surface area contributed by atoms with Crippen molar-refractivity contribution in [3.05, 3.63) is 86.7 Å². The minimum Gasteiger partial charge on any atom is -0.389 e. The number of carbonyl (C=O) groups excluding carboxylic acids is 5. The van der Waals surface area contributed by atoms with Crippen molar-refractivity contribution in [2.45, 2.75) is 76.7 Å². The molecule has 2 N–H and O–H groups in total. The molecule has 6 rings (SSSR count). The zero-order valence-corrected chi connectivity index (χ0v) is 38.8. The Labute approximate surface area is 380 Å². The minimum atomic E-state index is -4.68. The van der Waals surface area contributed by atoms with Crippen molar-refractivity contribution in [3.63, 3.8) is 0 Å². The number of carbonyl (C=O) groups is 5. The molecule has 1 unspecified atom stereocenters. The quantitative estimate of drug-likeness (QED) is 0.0327. The van der Waals surface area contributed by atoms with Gasteiger partial charge >= 0.3 is 6.97 Å². The lowest BCUT2D eigenvalue weighted by atomic mass is 9.88. The lowest BCUT2D eigenvalue weighted by Crippen LogP contribution is -2.50. The fourth-order valence-electron chi connectivity index (χ4n) is 8.12. The largest absolute Gasteiger partial charge is 0.737 e. The number of aryl methyl sites for hydroxylation is 1. The molecular weight excluding hydrogens is 888 g/mol. The van der Waals surface area contributed by atoms with Crippen LogP contribution in [0.15, 0.2) is 70.6 Å². The molecule has 0 saturated carbocycles. The van der Waals surface area contributed by atoms with Gasteiger partial charge in [-0.15, -0.1) is 22.7 Å². The van der Waals surface area contributed by atoms with E-state index in [2.05, 4.69) is 26.5 Å². The smallest absolute Gasteiger partial charge is 0.389 e. The molecule has 0 saturated heterocycles. The SMILES string of the molecule is C[N+](C)(C)CCCc1cc(-c2cccs2)n2c1C=C1C(CCC(=O)NC(CS(=O)(=O)O)C(=O)CCCCCC(=O)CCCOCCN3C(=O)C=CC3=O)=CC(c3cccs3)=[N+]1[B-]2(F)F. The molecule has 0 radical (unpaired) electrons. The molecule has 14 nitrogen and oxygen atoms in total. The van der Waals surface area contributed by atoms with Crippen LogP contribution < -0.4 is 5.32 Å². The number of ether oxygens (including phenoxy) is 1. The van der Waals surface area contributed by atoms with Gasteiger partial charge in [-0.1, -0.05) is 18.6 Å². The molecule has 3 aliphatic rings. The summed E-state index contributed by atoms with van der Waals surface area (Å²) in [7, 11) is 1.58. The molecule has 0 aliphatic carbocycles. The van der Waals surface area contributed by atoms with Crippen LogP contribution in [0.25, 0.3) is 16.6 Å². The van der Waals surface area contributed by atoms with Crippen molar-refractivity contribution in [2.24, 2.45) is 0 Å². The Balaban J connectivity index is 1.05. The predicted molar refractivity (Wildman–Crippen MR) is 244 cm³/mol. The van der Waals surface area contributed by atoms with E-state index < -0.39 is 40.6 Å². The van der Waals surface area contributed by atoms with Crippen LogP contribution in [0.3, 0.4) is 0 Å². The van der Waals surface area contributed by atoms with Crippen molar-refractivity contribution < 1.29 is 59.3 Å². The first kappa shape index (κ1) is 48.7. The van der Waals surface area contributed by atoms with Crippen LogP contribution in [-0.2, 0) is 45.2 Å². The summed E-state index contributed by atoms with van der Waals surface area (Å²) in [5.41, 5.74) is 2.73. The fraction of sp³-hybridized carbons (Fsp3) is 0.455. The first-order chi connectivity index (χ1) is 30.3. The van der Waals surface area contributed by atoms with Gasteiger partial charge in [0.25, 0.3) is 21.9 Å².